The van der Waals surface area contributed by atoms with Gasteiger partial charge in [0.25, 0.3) is 5.91 Å². The smallest absolute Gasteiger partial charge is 0.522 e. The number of benzene rings is 2. The van der Waals surface area contributed by atoms with Crippen LogP contribution in [0.2, 0.25) is 6.32 Å². The molecular formula is C25H32BNO4. The van der Waals surface area contributed by atoms with E-state index in [-0.39, 0.29) is 18.2 Å². The Labute approximate surface area is 185 Å². The van der Waals surface area contributed by atoms with Crippen molar-refractivity contribution < 1.29 is 19.3 Å². The van der Waals surface area contributed by atoms with E-state index in [2.05, 4.69) is 0 Å². The van der Waals surface area contributed by atoms with Gasteiger partial charge in [-0.3, -0.25) is 9.59 Å². The Morgan fingerprint density at radius 1 is 1.10 bits per heavy atom. The predicted octanol–water partition coefficient (Wildman–Crippen LogP) is 4.54. The van der Waals surface area contributed by atoms with E-state index in [1.54, 1.807) is 4.90 Å². The van der Waals surface area contributed by atoms with Crippen molar-refractivity contribution in [1.29, 1.82) is 0 Å². The lowest BCUT2D eigenvalue weighted by Gasteiger charge is -2.35. The molecule has 1 aliphatic rings. The molecule has 0 aliphatic carbocycles. The summed E-state index contributed by atoms with van der Waals surface area (Å²) in [6.07, 6.45) is 2.21. The highest BCUT2D eigenvalue weighted by atomic mass is 16.5. The first-order chi connectivity index (χ1) is 14.5. The number of nitrogens with zero attached hydrogens (tertiary/aromatic N) is 1. The second kappa shape index (κ2) is 8.87. The summed E-state index contributed by atoms with van der Waals surface area (Å²) >= 11 is 0. The summed E-state index contributed by atoms with van der Waals surface area (Å²) in [6, 6.07) is 9.47. The van der Waals surface area contributed by atoms with Crippen molar-refractivity contribution in [3.63, 3.8) is 0 Å². The lowest BCUT2D eigenvalue weighted by atomic mass is 9.84. The number of rotatable bonds is 4. The quantitative estimate of drug-likeness (QED) is 0.582. The van der Waals surface area contributed by atoms with Gasteiger partial charge in [0.1, 0.15) is 5.75 Å². The Morgan fingerprint density at radius 3 is 2.35 bits per heavy atom. The summed E-state index contributed by atoms with van der Waals surface area (Å²) in [5, 5.41) is 10.0. The number of hydrogen-bond acceptors (Lipinski definition) is 4. The fourth-order valence-corrected chi connectivity index (χ4v) is 4.17. The molecule has 31 heavy (non-hydrogen) atoms. The molecule has 0 bridgehead atoms. The van der Waals surface area contributed by atoms with Crippen molar-refractivity contribution in [1.82, 2.24) is 4.90 Å². The molecule has 1 heterocycles. The van der Waals surface area contributed by atoms with E-state index in [1.165, 1.54) is 0 Å². The van der Waals surface area contributed by atoms with E-state index >= 15 is 0 Å². The normalized spacial score (nSPS) is 13.8. The number of ketones is 1. The summed E-state index contributed by atoms with van der Waals surface area (Å²) in [7, 11) is -0.859. The first-order valence-corrected chi connectivity index (χ1v) is 10.9. The Bertz CT molecular complexity index is 989. The number of carbonyl (C=O) groups excluding carboxylic acids is 2. The molecular weight excluding hydrogens is 389 g/mol. The molecule has 0 fully saturated rings. The van der Waals surface area contributed by atoms with Gasteiger partial charge >= 0.3 is 7.12 Å². The lowest BCUT2D eigenvalue weighted by molar-refractivity contribution is 0.0547. The van der Waals surface area contributed by atoms with Crippen LogP contribution in [0.4, 0.5) is 0 Å². The second-order valence-electron chi connectivity index (χ2n) is 9.55. The summed E-state index contributed by atoms with van der Waals surface area (Å²) in [4.78, 5) is 28.3. The lowest BCUT2D eigenvalue weighted by Crippen LogP contribution is -2.48. The summed E-state index contributed by atoms with van der Waals surface area (Å²) in [5.74, 6) is 0.292. The zero-order chi connectivity index (χ0) is 22.9. The van der Waals surface area contributed by atoms with Gasteiger partial charge in [0.15, 0.2) is 5.78 Å². The molecule has 0 saturated heterocycles. The fraction of sp³-hybridized carbons (Fsp3) is 0.440. The average molecular weight is 421 g/mol. The van der Waals surface area contributed by atoms with Crippen molar-refractivity contribution in [2.24, 2.45) is 0 Å². The minimum Gasteiger partial charge on any atom is -0.536 e. The first kappa shape index (κ1) is 23.1. The average Bonchev–Trinajstić information content (AvgIpc) is 2.85. The van der Waals surface area contributed by atoms with Crippen LogP contribution < -0.4 is 4.65 Å². The summed E-state index contributed by atoms with van der Waals surface area (Å²) < 4.78 is 5.72. The van der Waals surface area contributed by atoms with Gasteiger partial charge in [-0.2, -0.15) is 0 Å². The monoisotopic (exact) mass is 421 g/mol. The molecule has 2 aromatic rings. The van der Waals surface area contributed by atoms with Crippen LogP contribution in [0.5, 0.6) is 5.75 Å². The van der Waals surface area contributed by atoms with Gasteiger partial charge in [-0.05, 0) is 78.4 Å². The molecule has 5 nitrogen and oxygen atoms in total. The summed E-state index contributed by atoms with van der Waals surface area (Å²) in [6.45, 7) is 11.5. The van der Waals surface area contributed by atoms with E-state index in [0.29, 0.717) is 23.2 Å². The molecule has 0 aromatic heterocycles. The van der Waals surface area contributed by atoms with Gasteiger partial charge in [0, 0.05) is 22.2 Å². The number of amides is 1. The third-order valence-corrected chi connectivity index (χ3v) is 5.76. The van der Waals surface area contributed by atoms with Crippen LogP contribution in [0.1, 0.15) is 70.2 Å². The van der Waals surface area contributed by atoms with Crippen molar-refractivity contribution in [2.45, 2.75) is 66.2 Å². The topological polar surface area (TPSA) is 66.8 Å². The number of hydrogen-bond donors (Lipinski definition) is 1. The molecule has 0 atom stereocenters. The molecule has 0 saturated carbocycles. The largest absolute Gasteiger partial charge is 0.536 e. The van der Waals surface area contributed by atoms with E-state index in [1.807, 2.05) is 71.9 Å². The van der Waals surface area contributed by atoms with Gasteiger partial charge in [-0.25, -0.2) is 0 Å². The van der Waals surface area contributed by atoms with Gasteiger partial charge < -0.3 is 14.6 Å². The van der Waals surface area contributed by atoms with Crippen LogP contribution in [0.25, 0.3) is 0 Å². The Morgan fingerprint density at radius 2 is 1.74 bits per heavy atom. The second-order valence-corrected chi connectivity index (χ2v) is 9.55. The van der Waals surface area contributed by atoms with Gasteiger partial charge in [0.05, 0.1) is 6.54 Å². The molecule has 2 aromatic carbocycles. The Balaban J connectivity index is 1.92. The standard InChI is InChI=1S/C25H32BNO4/c1-16-12-17(2)14-20(13-16)24(29)27(25(4,5)6)15-22(28)21-10-9-19-8-7-11-26(30)31-23(19)18(21)3/h9-10,12-14,30H,7-8,11,15H2,1-6H3. The highest BCUT2D eigenvalue weighted by Crippen LogP contribution is 2.32. The zero-order valence-electron chi connectivity index (χ0n) is 19.4. The number of Topliss-reactive ketones (excluding diaryl/α,β-unsaturated/α-hetero) is 1. The van der Waals surface area contributed by atoms with Crippen molar-refractivity contribution in [2.75, 3.05) is 6.54 Å². The van der Waals surface area contributed by atoms with Crippen LogP contribution in [-0.4, -0.2) is 40.8 Å². The van der Waals surface area contributed by atoms with Crippen molar-refractivity contribution >= 4 is 18.8 Å². The number of fused-ring (bicyclic) bond motifs is 1. The zero-order valence-corrected chi connectivity index (χ0v) is 19.4. The third-order valence-electron chi connectivity index (χ3n) is 5.76. The summed E-state index contributed by atoms with van der Waals surface area (Å²) in [5.41, 5.74) is 4.33. The van der Waals surface area contributed by atoms with Crippen LogP contribution in [-0.2, 0) is 6.42 Å². The maximum absolute atomic E-state index is 13.4. The highest BCUT2D eigenvalue weighted by Gasteiger charge is 2.31. The minimum absolute atomic E-state index is 0.0303. The van der Waals surface area contributed by atoms with Gasteiger partial charge in [-0.1, -0.05) is 29.3 Å². The molecule has 3 rings (SSSR count). The predicted molar refractivity (Wildman–Crippen MR) is 124 cm³/mol. The van der Waals surface area contributed by atoms with Gasteiger partial charge in [0.2, 0.25) is 0 Å². The van der Waals surface area contributed by atoms with E-state index in [0.717, 1.165) is 35.1 Å². The van der Waals surface area contributed by atoms with Crippen LogP contribution in [0.15, 0.2) is 30.3 Å². The fourth-order valence-electron chi connectivity index (χ4n) is 4.17. The molecule has 0 unspecified atom stereocenters. The third kappa shape index (κ3) is 5.19. The van der Waals surface area contributed by atoms with Crippen LogP contribution in [0.3, 0.4) is 0 Å². The van der Waals surface area contributed by atoms with E-state index in [9.17, 15) is 14.6 Å². The molecule has 6 heteroatoms. The molecule has 0 radical (unpaired) electrons. The molecule has 0 spiro atoms. The van der Waals surface area contributed by atoms with Crippen molar-refractivity contribution in [3.8, 4) is 5.75 Å². The first-order valence-electron chi connectivity index (χ1n) is 10.9. The van der Waals surface area contributed by atoms with E-state index in [4.69, 9.17) is 4.65 Å². The molecule has 1 N–H and O–H groups in total. The Kier molecular flexibility index (Phi) is 6.60. The molecule has 1 amide bonds. The van der Waals surface area contributed by atoms with E-state index < -0.39 is 12.7 Å². The Hall–Kier alpha value is -2.60. The maximum atomic E-state index is 13.4. The van der Waals surface area contributed by atoms with Crippen molar-refractivity contribution in [3.05, 3.63) is 63.7 Å². The van der Waals surface area contributed by atoms with Gasteiger partial charge in [-0.15, -0.1) is 0 Å². The number of aryl methyl sites for hydroxylation is 3. The van der Waals surface area contributed by atoms with Crippen LogP contribution >= 0.6 is 0 Å². The maximum Gasteiger partial charge on any atom is 0.522 e. The van der Waals surface area contributed by atoms with Crippen LogP contribution in [0, 0.1) is 20.8 Å². The number of carbonyl (C=O) groups is 2. The molecule has 164 valence electrons. The SMILES string of the molecule is Cc1cc(C)cc(C(=O)N(CC(=O)c2ccc3c(c2C)OB(O)CCC3)C(C)(C)C)c1. The molecule has 1 aliphatic heterocycles. The highest BCUT2D eigenvalue weighted by molar-refractivity contribution is 6.43. The minimum atomic E-state index is -0.859.